The average Bonchev–Trinajstić information content (AvgIpc) is 3.44. The Balaban J connectivity index is 1.60. The first kappa shape index (κ1) is 18.1. The summed E-state index contributed by atoms with van der Waals surface area (Å²) in [5.41, 5.74) is 11.0. The maximum atomic E-state index is 5.26. The molecule has 3 aromatic carbocycles. The molecule has 1 aliphatic heterocycles. The zero-order valence-corrected chi connectivity index (χ0v) is 20.0. The summed E-state index contributed by atoms with van der Waals surface area (Å²) in [4.78, 5) is 10.5. The van der Waals surface area contributed by atoms with Crippen molar-refractivity contribution in [1.29, 1.82) is 0 Å². The summed E-state index contributed by atoms with van der Waals surface area (Å²) >= 11 is 0. The highest BCUT2D eigenvalue weighted by Crippen LogP contribution is 2.78. The van der Waals surface area contributed by atoms with Crippen molar-refractivity contribution >= 4 is 38.1 Å². The molecule has 5 heterocycles. The fourth-order valence-electron chi connectivity index (χ4n) is 9.19. The van der Waals surface area contributed by atoms with Gasteiger partial charge in [0.05, 0.1) is 44.2 Å². The molecular formula is C33H21N3. The molecule has 0 saturated carbocycles. The third kappa shape index (κ3) is 1.38. The number of benzene rings is 3. The largest absolute Gasteiger partial charge is 0.304 e. The maximum Gasteiger partial charge on any atom is 0.0767 e. The number of fused-ring (bicyclic) bond motifs is 8. The van der Waals surface area contributed by atoms with Crippen LogP contribution >= 0.6 is 0 Å². The lowest BCUT2D eigenvalue weighted by Gasteiger charge is -2.72. The number of rotatable bonds is 0. The van der Waals surface area contributed by atoms with E-state index in [1.165, 1.54) is 71.7 Å². The molecule has 7 aromatic rings. The van der Waals surface area contributed by atoms with Gasteiger partial charge in [-0.15, -0.1) is 0 Å². The van der Waals surface area contributed by atoms with Crippen molar-refractivity contribution in [3.63, 3.8) is 0 Å². The normalized spacial score (nSPS) is 26.9. The molecule has 4 aromatic heterocycles. The lowest BCUT2D eigenvalue weighted by Crippen LogP contribution is -2.74. The van der Waals surface area contributed by atoms with Crippen molar-refractivity contribution in [3.8, 4) is 0 Å². The Kier molecular flexibility index (Phi) is 2.59. The molecule has 3 heteroatoms. The molecule has 0 radical (unpaired) electrons. The Labute approximate surface area is 207 Å². The predicted molar refractivity (Wildman–Crippen MR) is 143 cm³/mol. The van der Waals surface area contributed by atoms with Crippen molar-refractivity contribution in [2.24, 2.45) is 0 Å². The molecule has 0 saturated heterocycles. The van der Waals surface area contributed by atoms with Crippen molar-refractivity contribution in [1.82, 2.24) is 14.4 Å². The zero-order valence-electron chi connectivity index (χ0n) is 20.0. The second-order valence-electron chi connectivity index (χ2n) is 11.2. The van der Waals surface area contributed by atoms with E-state index in [2.05, 4.69) is 97.1 Å². The van der Waals surface area contributed by atoms with Crippen LogP contribution in [0.4, 0.5) is 0 Å². The highest BCUT2D eigenvalue weighted by Gasteiger charge is 2.78. The van der Waals surface area contributed by atoms with E-state index in [0.717, 1.165) is 0 Å². The summed E-state index contributed by atoms with van der Waals surface area (Å²) in [5, 5.41) is 5.18. The van der Waals surface area contributed by atoms with Crippen LogP contribution in [0, 0.1) is 0 Å². The van der Waals surface area contributed by atoms with Crippen LogP contribution < -0.4 is 0 Å². The molecule has 3 nitrogen and oxygen atoms in total. The minimum absolute atomic E-state index is 0.237. The minimum atomic E-state index is -0.293. The van der Waals surface area contributed by atoms with Crippen LogP contribution in [0.5, 0.6) is 0 Å². The Hall–Kier alpha value is -4.24. The summed E-state index contributed by atoms with van der Waals surface area (Å²) in [5.74, 6) is 0. The monoisotopic (exact) mass is 459 g/mol. The first-order valence-electron chi connectivity index (χ1n) is 12.8. The first-order valence-corrected chi connectivity index (χ1v) is 12.8. The van der Waals surface area contributed by atoms with Gasteiger partial charge < -0.3 is 4.40 Å². The maximum absolute atomic E-state index is 5.26. The molecule has 1 spiro atoms. The molecule has 2 aliphatic carbocycles. The Morgan fingerprint density at radius 3 is 1.44 bits per heavy atom. The van der Waals surface area contributed by atoms with Gasteiger partial charge in [0.1, 0.15) is 0 Å². The van der Waals surface area contributed by atoms with Crippen molar-refractivity contribution in [3.05, 3.63) is 125 Å². The fourth-order valence-corrected chi connectivity index (χ4v) is 9.19. The van der Waals surface area contributed by atoms with E-state index in [9.17, 15) is 0 Å². The van der Waals surface area contributed by atoms with Crippen molar-refractivity contribution in [2.75, 3.05) is 0 Å². The molecule has 2 unspecified atom stereocenters. The molecule has 0 N–H and O–H groups in total. The van der Waals surface area contributed by atoms with Crippen LogP contribution in [-0.2, 0) is 16.2 Å². The molecule has 0 bridgehead atoms. The second kappa shape index (κ2) is 5.15. The quantitative estimate of drug-likeness (QED) is 0.248. The highest BCUT2D eigenvalue weighted by molar-refractivity contribution is 6.24. The molecule has 168 valence electrons. The SMILES string of the molecule is CC12c3ccccc3C13c1ccccc1C3(C)c1nccc3c4cccc5c6ccnc2c6n(c13)c54. The standard InChI is InChI=1S/C33H21N3/c1-31-22-10-3-5-12-24(22)33(31)25-13-6-4-11-23(25)32(33,2)30-28-21(15-17-35-30)19-9-7-8-18-20-14-16-34-29(31)27(20)36(28)26(18)19/h3-17H,1-2H3. The number of hydrogen-bond donors (Lipinski definition) is 0. The van der Waals surface area contributed by atoms with Gasteiger partial charge in [-0.1, -0.05) is 66.7 Å². The third-order valence-corrected chi connectivity index (χ3v) is 10.3. The van der Waals surface area contributed by atoms with Crippen molar-refractivity contribution in [2.45, 2.75) is 30.1 Å². The Morgan fingerprint density at radius 2 is 0.944 bits per heavy atom. The van der Waals surface area contributed by atoms with Crippen LogP contribution in [-0.4, -0.2) is 14.4 Å². The molecule has 10 rings (SSSR count). The van der Waals surface area contributed by atoms with Gasteiger partial charge in [-0.2, -0.15) is 0 Å². The summed E-state index contributed by atoms with van der Waals surface area (Å²) in [7, 11) is 0. The zero-order chi connectivity index (χ0) is 23.6. The van der Waals surface area contributed by atoms with Gasteiger partial charge in [0, 0.05) is 33.9 Å². The van der Waals surface area contributed by atoms with E-state index in [4.69, 9.17) is 9.97 Å². The van der Waals surface area contributed by atoms with Gasteiger partial charge >= 0.3 is 0 Å². The van der Waals surface area contributed by atoms with Gasteiger partial charge in [-0.05, 0) is 48.2 Å². The molecule has 0 amide bonds. The Bertz CT molecular complexity index is 2000. The van der Waals surface area contributed by atoms with E-state index < -0.39 is 0 Å². The summed E-state index contributed by atoms with van der Waals surface area (Å²) < 4.78 is 2.52. The summed E-state index contributed by atoms with van der Waals surface area (Å²) in [6, 6.07) is 29.3. The smallest absolute Gasteiger partial charge is 0.0767 e. The molecule has 0 fully saturated rings. The van der Waals surface area contributed by atoms with E-state index in [0.29, 0.717) is 0 Å². The number of pyridine rings is 2. The number of hydrogen-bond acceptors (Lipinski definition) is 2. The second-order valence-corrected chi connectivity index (χ2v) is 11.2. The van der Waals surface area contributed by atoms with Gasteiger partial charge in [0.25, 0.3) is 0 Å². The van der Waals surface area contributed by atoms with Gasteiger partial charge in [0.15, 0.2) is 0 Å². The van der Waals surface area contributed by atoms with Crippen LogP contribution in [0.2, 0.25) is 0 Å². The van der Waals surface area contributed by atoms with Crippen LogP contribution in [0.1, 0.15) is 47.5 Å². The molecule has 3 aliphatic rings. The van der Waals surface area contributed by atoms with Crippen LogP contribution in [0.15, 0.2) is 91.3 Å². The van der Waals surface area contributed by atoms with Gasteiger partial charge in [-0.25, -0.2) is 0 Å². The summed E-state index contributed by atoms with van der Waals surface area (Å²) in [6.45, 7) is 4.89. The third-order valence-electron chi connectivity index (χ3n) is 10.3. The topological polar surface area (TPSA) is 30.2 Å². The van der Waals surface area contributed by atoms with E-state index in [1.807, 2.05) is 12.4 Å². The van der Waals surface area contributed by atoms with E-state index >= 15 is 0 Å². The first-order chi connectivity index (χ1) is 17.6. The predicted octanol–water partition coefficient (Wildman–Crippen LogP) is 6.87. The van der Waals surface area contributed by atoms with E-state index in [1.54, 1.807) is 0 Å². The molecular weight excluding hydrogens is 438 g/mol. The van der Waals surface area contributed by atoms with Crippen LogP contribution in [0.3, 0.4) is 0 Å². The van der Waals surface area contributed by atoms with Crippen molar-refractivity contribution < 1.29 is 0 Å². The van der Waals surface area contributed by atoms with Gasteiger partial charge in [-0.3, -0.25) is 9.97 Å². The highest BCUT2D eigenvalue weighted by atomic mass is 15.0. The molecule has 2 atom stereocenters. The number of nitrogens with zero attached hydrogens (tertiary/aromatic N) is 3. The lowest BCUT2D eigenvalue weighted by molar-refractivity contribution is 0.127. The van der Waals surface area contributed by atoms with Crippen LogP contribution in [0.25, 0.3) is 38.1 Å². The summed E-state index contributed by atoms with van der Waals surface area (Å²) in [6.07, 6.45) is 4.06. The Morgan fingerprint density at radius 1 is 0.500 bits per heavy atom. The van der Waals surface area contributed by atoms with Gasteiger partial charge in [0.2, 0.25) is 0 Å². The lowest BCUT2D eigenvalue weighted by atomic mass is 9.28. The average molecular weight is 460 g/mol. The number of para-hydroxylation sites is 1. The number of aromatic nitrogens is 3. The minimum Gasteiger partial charge on any atom is -0.304 e. The molecule has 36 heavy (non-hydrogen) atoms. The fraction of sp³-hybridized carbons (Fsp3) is 0.152. The van der Waals surface area contributed by atoms with E-state index in [-0.39, 0.29) is 16.2 Å².